The predicted molar refractivity (Wildman–Crippen MR) is 123 cm³/mol. The highest BCUT2D eigenvalue weighted by Gasteiger charge is 2.37. The molecule has 9 heteroatoms. The van der Waals surface area contributed by atoms with Crippen LogP contribution in [0.3, 0.4) is 0 Å². The third-order valence-corrected chi connectivity index (χ3v) is 6.90. The molecule has 0 spiro atoms. The lowest BCUT2D eigenvalue weighted by Crippen LogP contribution is -2.52. The minimum atomic E-state index is -0.690. The van der Waals surface area contributed by atoms with E-state index in [1.165, 1.54) is 4.90 Å². The zero-order chi connectivity index (χ0) is 23.3. The van der Waals surface area contributed by atoms with Gasteiger partial charge in [0.1, 0.15) is 12.1 Å². The van der Waals surface area contributed by atoms with Gasteiger partial charge in [0.2, 0.25) is 17.7 Å². The number of aliphatic hydroxyl groups excluding tert-OH is 1. The summed E-state index contributed by atoms with van der Waals surface area (Å²) >= 11 is 1.60. The van der Waals surface area contributed by atoms with Gasteiger partial charge in [-0.05, 0) is 37.8 Å². The quantitative estimate of drug-likeness (QED) is 0.630. The first kappa shape index (κ1) is 23.9. The molecule has 0 aliphatic carbocycles. The number of likely N-dealkylation sites (N-methyl/N-ethyl adjacent to an activating group) is 1. The van der Waals surface area contributed by atoms with Gasteiger partial charge in [-0.15, -0.1) is 11.3 Å². The van der Waals surface area contributed by atoms with Crippen LogP contribution >= 0.6 is 11.3 Å². The number of aliphatic hydroxyl groups is 1. The lowest BCUT2D eigenvalue weighted by molar-refractivity contribution is -0.146. The van der Waals surface area contributed by atoms with Crippen LogP contribution in [0.15, 0.2) is 29.8 Å². The van der Waals surface area contributed by atoms with Crippen LogP contribution in [0.5, 0.6) is 0 Å². The number of thiazole rings is 1. The predicted octanol–water partition coefficient (Wildman–Crippen LogP) is 1.96. The second-order valence-corrected chi connectivity index (χ2v) is 8.88. The molecule has 3 rings (SSSR count). The number of carbonyl (C=O) groups is 3. The molecule has 2 aromatic rings. The van der Waals surface area contributed by atoms with Gasteiger partial charge in [-0.1, -0.05) is 24.3 Å². The highest BCUT2D eigenvalue weighted by atomic mass is 32.1. The van der Waals surface area contributed by atoms with Crippen molar-refractivity contribution in [3.8, 4) is 10.4 Å². The Hall–Kier alpha value is -2.78. The molecule has 1 aromatic heterocycles. The number of rotatable bonds is 8. The van der Waals surface area contributed by atoms with Crippen LogP contribution in [0.25, 0.3) is 10.4 Å². The van der Waals surface area contributed by atoms with Gasteiger partial charge >= 0.3 is 0 Å². The van der Waals surface area contributed by atoms with Crippen molar-refractivity contribution in [1.82, 2.24) is 20.1 Å². The molecule has 1 aliphatic heterocycles. The van der Waals surface area contributed by atoms with Crippen molar-refractivity contribution < 1.29 is 19.5 Å². The molecule has 172 valence electrons. The monoisotopic (exact) mass is 458 g/mol. The number of nitrogens with one attached hydrogen (secondary N) is 1. The van der Waals surface area contributed by atoms with Gasteiger partial charge in [-0.3, -0.25) is 14.4 Å². The average Bonchev–Trinajstić information content (AvgIpc) is 3.45. The minimum Gasteiger partial charge on any atom is -0.396 e. The number of aryl methyl sites for hydroxylation is 1. The Morgan fingerprint density at radius 3 is 2.66 bits per heavy atom. The number of nitrogens with zero attached hydrogens (tertiary/aromatic N) is 3. The summed E-state index contributed by atoms with van der Waals surface area (Å²) in [5.41, 5.74) is 4.90. The van der Waals surface area contributed by atoms with Crippen molar-refractivity contribution in [2.24, 2.45) is 0 Å². The van der Waals surface area contributed by atoms with Crippen molar-refractivity contribution in [2.45, 2.75) is 51.7 Å². The number of likely N-dealkylation sites (tertiary alicyclic amines) is 1. The Labute approximate surface area is 192 Å². The number of aromatic nitrogens is 1. The SMILES string of the molecule is Cc1ncsc1-c1ccc(CNC(=O)[C@@H]2CCCN2C(=O)[C@H](C)N(C)C(=O)CCO)cc1. The molecule has 3 amide bonds. The van der Waals surface area contributed by atoms with E-state index in [-0.39, 0.29) is 30.7 Å². The molecule has 1 fully saturated rings. The van der Waals surface area contributed by atoms with Crippen molar-refractivity contribution in [3.05, 3.63) is 41.0 Å². The second-order valence-electron chi connectivity index (χ2n) is 8.03. The molecule has 2 heterocycles. The van der Waals surface area contributed by atoms with E-state index in [1.54, 1.807) is 30.2 Å². The number of hydrogen-bond acceptors (Lipinski definition) is 6. The van der Waals surface area contributed by atoms with Crippen molar-refractivity contribution in [1.29, 1.82) is 0 Å². The number of benzene rings is 1. The molecule has 0 saturated carbocycles. The normalized spacial score (nSPS) is 16.6. The summed E-state index contributed by atoms with van der Waals surface area (Å²) < 4.78 is 0. The molecule has 1 aliphatic rings. The highest BCUT2D eigenvalue weighted by molar-refractivity contribution is 7.13. The van der Waals surface area contributed by atoms with E-state index >= 15 is 0 Å². The molecule has 2 atom stereocenters. The second kappa shape index (κ2) is 10.7. The summed E-state index contributed by atoms with van der Waals surface area (Å²) in [6.07, 6.45) is 1.31. The van der Waals surface area contributed by atoms with E-state index in [0.717, 1.165) is 28.1 Å². The van der Waals surface area contributed by atoms with Gasteiger partial charge in [-0.25, -0.2) is 4.98 Å². The van der Waals surface area contributed by atoms with Gasteiger partial charge in [0.25, 0.3) is 0 Å². The fraction of sp³-hybridized carbons (Fsp3) is 0.478. The Morgan fingerprint density at radius 2 is 2.03 bits per heavy atom. The van der Waals surface area contributed by atoms with Gasteiger partial charge < -0.3 is 20.2 Å². The lowest BCUT2D eigenvalue weighted by atomic mass is 10.1. The largest absolute Gasteiger partial charge is 0.396 e. The van der Waals surface area contributed by atoms with Crippen LogP contribution < -0.4 is 5.32 Å². The van der Waals surface area contributed by atoms with Crippen LogP contribution in [0.2, 0.25) is 0 Å². The van der Waals surface area contributed by atoms with E-state index in [9.17, 15) is 14.4 Å². The maximum atomic E-state index is 12.9. The summed E-state index contributed by atoms with van der Waals surface area (Å²) in [5, 5.41) is 11.9. The van der Waals surface area contributed by atoms with E-state index in [2.05, 4.69) is 10.3 Å². The van der Waals surface area contributed by atoms with Crippen LogP contribution in [0, 0.1) is 6.92 Å². The summed E-state index contributed by atoms with van der Waals surface area (Å²) in [6, 6.07) is 6.78. The van der Waals surface area contributed by atoms with Crippen LogP contribution in [-0.2, 0) is 20.9 Å². The number of carbonyl (C=O) groups excluding carboxylic acids is 3. The van der Waals surface area contributed by atoms with Gasteiger partial charge in [0.15, 0.2) is 0 Å². The van der Waals surface area contributed by atoms with Crippen molar-refractivity contribution in [2.75, 3.05) is 20.2 Å². The zero-order valence-corrected chi connectivity index (χ0v) is 19.5. The summed E-state index contributed by atoms with van der Waals surface area (Å²) in [7, 11) is 1.54. The summed E-state index contributed by atoms with van der Waals surface area (Å²) in [4.78, 5) is 46.1. The van der Waals surface area contributed by atoms with Crippen molar-refractivity contribution >= 4 is 29.1 Å². The molecular formula is C23H30N4O4S. The van der Waals surface area contributed by atoms with Gasteiger partial charge in [0.05, 0.1) is 22.7 Å². The molecule has 1 saturated heterocycles. The summed E-state index contributed by atoms with van der Waals surface area (Å²) in [5.74, 6) is -0.735. The fourth-order valence-electron chi connectivity index (χ4n) is 3.86. The maximum absolute atomic E-state index is 12.9. The number of amides is 3. The van der Waals surface area contributed by atoms with Crippen LogP contribution in [0.4, 0.5) is 0 Å². The molecule has 8 nitrogen and oxygen atoms in total. The molecule has 2 N–H and O–H groups in total. The topological polar surface area (TPSA) is 103 Å². The Kier molecular flexibility index (Phi) is 7.98. The standard InChI is InChI=1S/C23H30N4O4S/c1-15-21(32-14-25-15)18-8-6-17(7-9-18)13-24-22(30)19-5-4-11-27(19)23(31)16(2)26(3)20(29)10-12-28/h6-9,14,16,19,28H,4-5,10-13H2,1-3H3,(H,24,30)/t16-,19-/m0/s1. The molecule has 0 unspecified atom stereocenters. The maximum Gasteiger partial charge on any atom is 0.245 e. The van der Waals surface area contributed by atoms with E-state index in [0.29, 0.717) is 19.5 Å². The Morgan fingerprint density at radius 1 is 1.31 bits per heavy atom. The van der Waals surface area contributed by atoms with E-state index < -0.39 is 12.1 Å². The Bertz CT molecular complexity index is 959. The number of hydrogen-bond donors (Lipinski definition) is 2. The van der Waals surface area contributed by atoms with Gasteiger partial charge in [-0.2, -0.15) is 0 Å². The smallest absolute Gasteiger partial charge is 0.245 e. The van der Waals surface area contributed by atoms with E-state index in [1.807, 2.05) is 36.7 Å². The molecule has 0 radical (unpaired) electrons. The molecule has 1 aromatic carbocycles. The molecule has 0 bridgehead atoms. The molecular weight excluding hydrogens is 428 g/mol. The Balaban J connectivity index is 1.58. The third kappa shape index (κ3) is 5.34. The first-order chi connectivity index (χ1) is 15.3. The third-order valence-electron chi connectivity index (χ3n) is 5.92. The summed E-state index contributed by atoms with van der Waals surface area (Å²) in [6.45, 7) is 4.24. The van der Waals surface area contributed by atoms with Crippen LogP contribution in [-0.4, -0.2) is 69.9 Å². The molecule has 32 heavy (non-hydrogen) atoms. The zero-order valence-electron chi connectivity index (χ0n) is 18.7. The van der Waals surface area contributed by atoms with Crippen molar-refractivity contribution in [3.63, 3.8) is 0 Å². The first-order valence-electron chi connectivity index (χ1n) is 10.8. The van der Waals surface area contributed by atoms with Crippen LogP contribution in [0.1, 0.15) is 37.4 Å². The minimum absolute atomic E-state index is 0.0284. The highest BCUT2D eigenvalue weighted by Crippen LogP contribution is 2.27. The lowest BCUT2D eigenvalue weighted by Gasteiger charge is -2.31. The fourth-order valence-corrected chi connectivity index (χ4v) is 4.67. The van der Waals surface area contributed by atoms with E-state index in [4.69, 9.17) is 5.11 Å². The van der Waals surface area contributed by atoms with Gasteiger partial charge in [0, 0.05) is 26.6 Å². The first-order valence-corrected chi connectivity index (χ1v) is 11.7. The average molecular weight is 459 g/mol.